The number of benzene rings is 1. The Morgan fingerprint density at radius 1 is 1.22 bits per heavy atom. The zero-order chi connectivity index (χ0) is 20.0. The second kappa shape index (κ2) is 10.1. The largest absolute Gasteiger partial charge is 0.341 e. The summed E-state index contributed by atoms with van der Waals surface area (Å²) in [5.74, 6) is 0.0279. The summed E-state index contributed by atoms with van der Waals surface area (Å²) in [6.45, 7) is 9.66. The third kappa shape index (κ3) is 5.24. The van der Waals surface area contributed by atoms with E-state index < -0.39 is 11.9 Å². The van der Waals surface area contributed by atoms with Crippen molar-refractivity contribution in [3.63, 3.8) is 0 Å². The maximum Gasteiger partial charge on any atom is 0.258 e. The summed E-state index contributed by atoms with van der Waals surface area (Å²) in [6.07, 6.45) is 2.54. The zero-order valence-corrected chi connectivity index (χ0v) is 17.6. The molecular formula is C21H31FN2O2S. The third-order valence-electron chi connectivity index (χ3n) is 4.69. The van der Waals surface area contributed by atoms with Crippen molar-refractivity contribution in [2.75, 3.05) is 18.8 Å². The first kappa shape index (κ1) is 21.7. The van der Waals surface area contributed by atoms with Gasteiger partial charge in [0, 0.05) is 18.8 Å². The summed E-state index contributed by atoms with van der Waals surface area (Å²) < 4.78 is 14.3. The van der Waals surface area contributed by atoms with Crippen molar-refractivity contribution in [2.24, 2.45) is 5.92 Å². The molecule has 2 unspecified atom stereocenters. The maximum atomic E-state index is 14.3. The molecule has 0 saturated carbocycles. The molecule has 27 heavy (non-hydrogen) atoms. The van der Waals surface area contributed by atoms with E-state index in [1.807, 2.05) is 18.7 Å². The molecule has 2 amide bonds. The SMILES string of the molecule is CCCN(CCC)C(=O)C1CSC(CC(C)C)N1C(=O)c1ccccc1F. The minimum atomic E-state index is -0.534. The van der Waals surface area contributed by atoms with Gasteiger partial charge in [-0.25, -0.2) is 4.39 Å². The molecule has 0 spiro atoms. The van der Waals surface area contributed by atoms with Crippen LogP contribution in [0.1, 0.15) is 57.3 Å². The minimum Gasteiger partial charge on any atom is -0.341 e. The van der Waals surface area contributed by atoms with Crippen molar-refractivity contribution >= 4 is 23.6 Å². The number of rotatable bonds is 8. The first-order chi connectivity index (χ1) is 12.9. The fourth-order valence-electron chi connectivity index (χ4n) is 3.47. The molecule has 2 rings (SSSR count). The number of hydrogen-bond donors (Lipinski definition) is 0. The Bertz CT molecular complexity index is 647. The van der Waals surface area contributed by atoms with Crippen LogP contribution in [0.3, 0.4) is 0 Å². The Hall–Kier alpha value is -1.56. The lowest BCUT2D eigenvalue weighted by molar-refractivity contribution is -0.135. The predicted octanol–water partition coefficient (Wildman–Crippen LogP) is 4.40. The molecule has 1 aromatic rings. The first-order valence-corrected chi connectivity index (χ1v) is 10.9. The summed E-state index contributed by atoms with van der Waals surface area (Å²) >= 11 is 1.63. The standard InChI is InChI=1S/C21H31FN2O2S/c1-5-11-23(12-6-2)21(26)18-14-27-19(13-15(3)4)24(18)20(25)16-9-7-8-10-17(16)22/h7-10,15,18-19H,5-6,11-14H2,1-4H3. The number of halogens is 1. The van der Waals surface area contributed by atoms with Gasteiger partial charge in [-0.15, -0.1) is 11.8 Å². The lowest BCUT2D eigenvalue weighted by atomic mass is 10.1. The molecule has 1 saturated heterocycles. The highest BCUT2D eigenvalue weighted by molar-refractivity contribution is 8.00. The fraction of sp³-hybridized carbons (Fsp3) is 0.619. The van der Waals surface area contributed by atoms with Crippen molar-refractivity contribution in [3.05, 3.63) is 35.6 Å². The van der Waals surface area contributed by atoms with E-state index in [0.717, 1.165) is 19.3 Å². The van der Waals surface area contributed by atoms with Crippen molar-refractivity contribution in [3.8, 4) is 0 Å². The monoisotopic (exact) mass is 394 g/mol. The zero-order valence-electron chi connectivity index (χ0n) is 16.8. The van der Waals surface area contributed by atoms with Gasteiger partial charge in [0.1, 0.15) is 11.9 Å². The van der Waals surface area contributed by atoms with Crippen LogP contribution >= 0.6 is 11.8 Å². The van der Waals surface area contributed by atoms with Crippen LogP contribution in [0.25, 0.3) is 0 Å². The number of nitrogens with zero attached hydrogens (tertiary/aromatic N) is 2. The van der Waals surface area contributed by atoms with Crippen molar-refractivity contribution < 1.29 is 14.0 Å². The molecule has 1 fully saturated rings. The van der Waals surface area contributed by atoms with Gasteiger partial charge < -0.3 is 9.80 Å². The Morgan fingerprint density at radius 3 is 2.41 bits per heavy atom. The van der Waals surface area contributed by atoms with Gasteiger partial charge in [-0.2, -0.15) is 0 Å². The van der Waals surface area contributed by atoms with Crippen molar-refractivity contribution in [2.45, 2.75) is 58.4 Å². The molecule has 0 radical (unpaired) electrons. The molecule has 2 atom stereocenters. The Kier molecular flexibility index (Phi) is 8.14. The van der Waals surface area contributed by atoms with E-state index >= 15 is 0 Å². The molecule has 0 N–H and O–H groups in total. The molecule has 6 heteroatoms. The summed E-state index contributed by atoms with van der Waals surface area (Å²) in [7, 11) is 0. The van der Waals surface area contributed by atoms with Gasteiger partial charge in [0.05, 0.1) is 10.9 Å². The fourth-order valence-corrected chi connectivity index (χ4v) is 5.10. The van der Waals surface area contributed by atoms with Gasteiger partial charge in [0.2, 0.25) is 5.91 Å². The van der Waals surface area contributed by atoms with Gasteiger partial charge in [-0.05, 0) is 37.3 Å². The van der Waals surface area contributed by atoms with Gasteiger partial charge in [-0.1, -0.05) is 39.8 Å². The van der Waals surface area contributed by atoms with Gasteiger partial charge in [0.15, 0.2) is 0 Å². The number of carbonyl (C=O) groups excluding carboxylic acids is 2. The van der Waals surface area contributed by atoms with E-state index in [-0.39, 0.29) is 22.8 Å². The average molecular weight is 395 g/mol. The minimum absolute atomic E-state index is 0.0119. The highest BCUT2D eigenvalue weighted by Crippen LogP contribution is 2.35. The quantitative estimate of drug-likeness (QED) is 0.656. The first-order valence-electron chi connectivity index (χ1n) is 9.88. The summed E-state index contributed by atoms with van der Waals surface area (Å²) in [4.78, 5) is 29.9. The van der Waals surface area contributed by atoms with Crippen LogP contribution in [0.5, 0.6) is 0 Å². The summed E-state index contributed by atoms with van der Waals surface area (Å²) in [6, 6.07) is 5.51. The second-order valence-corrected chi connectivity index (χ2v) is 8.66. The molecule has 1 aromatic carbocycles. The smallest absolute Gasteiger partial charge is 0.258 e. The lowest BCUT2D eigenvalue weighted by Gasteiger charge is -2.33. The number of hydrogen-bond acceptors (Lipinski definition) is 3. The van der Waals surface area contributed by atoms with Crippen LogP contribution in [0, 0.1) is 11.7 Å². The van der Waals surface area contributed by atoms with Crippen LogP contribution in [0.2, 0.25) is 0 Å². The second-order valence-electron chi connectivity index (χ2n) is 7.45. The molecule has 0 aromatic heterocycles. The Labute approximate surface area is 166 Å². The van der Waals surface area contributed by atoms with Crippen LogP contribution < -0.4 is 0 Å². The van der Waals surface area contributed by atoms with Gasteiger partial charge >= 0.3 is 0 Å². The average Bonchev–Trinajstić information content (AvgIpc) is 3.03. The van der Waals surface area contributed by atoms with Crippen LogP contribution in [0.15, 0.2) is 24.3 Å². The molecule has 4 nitrogen and oxygen atoms in total. The van der Waals surface area contributed by atoms with E-state index in [2.05, 4.69) is 13.8 Å². The normalized spacial score (nSPS) is 19.6. The third-order valence-corrected chi connectivity index (χ3v) is 6.00. The topological polar surface area (TPSA) is 40.6 Å². The summed E-state index contributed by atoms with van der Waals surface area (Å²) in [5, 5.41) is -0.101. The predicted molar refractivity (Wildman–Crippen MR) is 109 cm³/mol. The van der Waals surface area contributed by atoms with E-state index in [0.29, 0.717) is 24.8 Å². The van der Waals surface area contributed by atoms with Crippen LogP contribution in [-0.2, 0) is 4.79 Å². The Morgan fingerprint density at radius 2 is 1.85 bits per heavy atom. The van der Waals surface area contributed by atoms with E-state index in [1.165, 1.54) is 12.1 Å². The van der Waals surface area contributed by atoms with Gasteiger partial charge in [0.25, 0.3) is 5.91 Å². The van der Waals surface area contributed by atoms with E-state index in [4.69, 9.17) is 0 Å². The molecule has 0 aliphatic carbocycles. The van der Waals surface area contributed by atoms with Gasteiger partial charge in [-0.3, -0.25) is 9.59 Å². The number of carbonyl (C=O) groups is 2. The Balaban J connectivity index is 2.33. The number of amides is 2. The van der Waals surface area contributed by atoms with Crippen LogP contribution in [-0.4, -0.2) is 51.9 Å². The molecule has 1 heterocycles. The van der Waals surface area contributed by atoms with E-state index in [9.17, 15) is 14.0 Å². The van der Waals surface area contributed by atoms with Crippen molar-refractivity contribution in [1.82, 2.24) is 9.80 Å². The molecule has 0 bridgehead atoms. The maximum absolute atomic E-state index is 14.3. The highest BCUT2D eigenvalue weighted by Gasteiger charge is 2.43. The number of thioether (sulfide) groups is 1. The van der Waals surface area contributed by atoms with Crippen LogP contribution in [0.4, 0.5) is 4.39 Å². The highest BCUT2D eigenvalue weighted by atomic mass is 32.2. The lowest BCUT2D eigenvalue weighted by Crippen LogP contribution is -2.51. The molecular weight excluding hydrogens is 363 g/mol. The molecule has 150 valence electrons. The molecule has 1 aliphatic rings. The van der Waals surface area contributed by atoms with Crippen molar-refractivity contribution in [1.29, 1.82) is 0 Å². The summed E-state index contributed by atoms with van der Waals surface area (Å²) in [5.41, 5.74) is 0.0455. The van der Waals surface area contributed by atoms with E-state index in [1.54, 1.807) is 28.8 Å². The molecule has 1 aliphatic heterocycles.